The molecule has 0 heterocycles. The highest BCUT2D eigenvalue weighted by Crippen LogP contribution is 2.22. The first kappa shape index (κ1) is 10.5. The van der Waals surface area contributed by atoms with E-state index in [9.17, 15) is 0 Å². The molecule has 0 saturated carbocycles. The fourth-order valence-corrected chi connectivity index (χ4v) is 1.55. The number of allylic oxidation sites excluding steroid dienone is 4. The van der Waals surface area contributed by atoms with E-state index in [1.807, 2.05) is 43.3 Å². The fourth-order valence-electron chi connectivity index (χ4n) is 1.55. The lowest BCUT2D eigenvalue weighted by atomic mass is 10.1. The topological polar surface area (TPSA) is 33.0 Å². The molecule has 2 rings (SSSR count). The monoisotopic (exact) mass is 211 g/mol. The van der Waals surface area contributed by atoms with E-state index in [-0.39, 0.29) is 0 Å². The highest BCUT2D eigenvalue weighted by atomic mass is 16.5. The Labute approximate surface area is 95.5 Å². The molecule has 1 aromatic rings. The van der Waals surface area contributed by atoms with Crippen LogP contribution in [0.5, 0.6) is 5.75 Å². The number of ether oxygens (including phenoxy) is 1. The summed E-state index contributed by atoms with van der Waals surface area (Å²) in [5.74, 6) is 1.77. The second kappa shape index (κ2) is 4.67. The number of hydrogen-bond acceptors (Lipinski definition) is 2. The van der Waals surface area contributed by atoms with Crippen molar-refractivity contribution in [1.82, 2.24) is 0 Å². The van der Waals surface area contributed by atoms with Crippen molar-refractivity contribution in [2.45, 2.75) is 19.8 Å². The zero-order valence-corrected chi connectivity index (χ0v) is 9.23. The van der Waals surface area contributed by atoms with Crippen LogP contribution in [-0.2, 0) is 0 Å². The Hall–Kier alpha value is -2.01. The largest absolute Gasteiger partial charge is 0.462 e. The highest BCUT2D eigenvalue weighted by Gasteiger charge is 2.07. The maximum Gasteiger partial charge on any atom is 0.126 e. The molecule has 0 N–H and O–H groups in total. The summed E-state index contributed by atoms with van der Waals surface area (Å²) in [7, 11) is 0. The van der Waals surface area contributed by atoms with E-state index in [0.717, 1.165) is 29.9 Å². The van der Waals surface area contributed by atoms with E-state index in [0.29, 0.717) is 0 Å². The third-order valence-corrected chi connectivity index (χ3v) is 2.52. The Morgan fingerprint density at radius 1 is 1.12 bits per heavy atom. The fraction of sp³-hybridized carbons (Fsp3) is 0.214. The maximum absolute atomic E-state index is 8.71. The molecular formula is C14H13NO. The normalized spacial score (nSPS) is 14.8. The molecule has 1 aliphatic rings. The molecule has 2 nitrogen and oxygen atoms in total. The van der Waals surface area contributed by atoms with Crippen LogP contribution in [0.15, 0.2) is 47.7 Å². The predicted molar refractivity (Wildman–Crippen MR) is 62.8 cm³/mol. The molecule has 80 valence electrons. The molecule has 0 amide bonds. The third kappa shape index (κ3) is 2.52. The summed E-state index contributed by atoms with van der Waals surface area (Å²) in [6, 6.07) is 10.1. The summed E-state index contributed by atoms with van der Waals surface area (Å²) < 4.78 is 5.71. The summed E-state index contributed by atoms with van der Waals surface area (Å²) >= 11 is 0. The van der Waals surface area contributed by atoms with Crippen LogP contribution in [0, 0.1) is 18.3 Å². The molecule has 0 aliphatic heterocycles. The molecule has 1 aliphatic carbocycles. The van der Waals surface area contributed by atoms with Crippen molar-refractivity contribution in [3.63, 3.8) is 0 Å². The zero-order valence-electron chi connectivity index (χ0n) is 9.23. The van der Waals surface area contributed by atoms with E-state index in [2.05, 4.69) is 6.07 Å². The average Bonchev–Trinajstić information content (AvgIpc) is 2.33. The van der Waals surface area contributed by atoms with Gasteiger partial charge in [-0.2, -0.15) is 5.26 Å². The van der Waals surface area contributed by atoms with Crippen molar-refractivity contribution in [1.29, 1.82) is 5.26 Å². The van der Waals surface area contributed by atoms with E-state index in [4.69, 9.17) is 10.00 Å². The summed E-state index contributed by atoms with van der Waals surface area (Å²) in [6.07, 6.45) is 5.27. The molecule has 0 spiro atoms. The first-order valence-corrected chi connectivity index (χ1v) is 5.32. The number of rotatable bonds is 2. The SMILES string of the molecule is Cc1ccc(OC2=CC=C(C#N)CC2)cc1. The maximum atomic E-state index is 8.71. The Balaban J connectivity index is 2.07. The van der Waals surface area contributed by atoms with Crippen molar-refractivity contribution in [3.8, 4) is 11.8 Å². The van der Waals surface area contributed by atoms with Crippen LogP contribution in [0.3, 0.4) is 0 Å². The van der Waals surface area contributed by atoms with Gasteiger partial charge in [-0.05, 0) is 37.6 Å². The molecule has 0 fully saturated rings. The van der Waals surface area contributed by atoms with Gasteiger partial charge < -0.3 is 4.74 Å². The van der Waals surface area contributed by atoms with E-state index in [1.165, 1.54) is 5.56 Å². The van der Waals surface area contributed by atoms with Gasteiger partial charge in [0, 0.05) is 12.0 Å². The highest BCUT2D eigenvalue weighted by molar-refractivity contribution is 5.33. The zero-order chi connectivity index (χ0) is 11.4. The molecule has 0 aromatic heterocycles. The van der Waals surface area contributed by atoms with Gasteiger partial charge in [-0.1, -0.05) is 17.7 Å². The number of hydrogen-bond donors (Lipinski definition) is 0. The Bertz CT molecular complexity index is 474. The smallest absolute Gasteiger partial charge is 0.126 e. The van der Waals surface area contributed by atoms with Crippen molar-refractivity contribution >= 4 is 0 Å². The lowest BCUT2D eigenvalue weighted by Crippen LogP contribution is -1.99. The van der Waals surface area contributed by atoms with Gasteiger partial charge in [-0.25, -0.2) is 0 Å². The van der Waals surface area contributed by atoms with Gasteiger partial charge in [0.2, 0.25) is 0 Å². The Kier molecular flexibility index (Phi) is 3.07. The van der Waals surface area contributed by atoms with Crippen LogP contribution in [-0.4, -0.2) is 0 Å². The van der Waals surface area contributed by atoms with Gasteiger partial charge in [0.1, 0.15) is 11.5 Å². The molecule has 0 bridgehead atoms. The minimum Gasteiger partial charge on any atom is -0.462 e. The third-order valence-electron chi connectivity index (χ3n) is 2.52. The van der Waals surface area contributed by atoms with E-state index in [1.54, 1.807) is 0 Å². The minimum atomic E-state index is 0.772. The Morgan fingerprint density at radius 2 is 1.88 bits per heavy atom. The average molecular weight is 211 g/mol. The van der Waals surface area contributed by atoms with Crippen molar-refractivity contribution in [2.75, 3.05) is 0 Å². The molecule has 2 heteroatoms. The van der Waals surface area contributed by atoms with Crippen LogP contribution >= 0.6 is 0 Å². The summed E-state index contributed by atoms with van der Waals surface area (Å²) in [4.78, 5) is 0. The molecule has 1 aromatic carbocycles. The predicted octanol–water partition coefficient (Wildman–Crippen LogP) is 3.50. The van der Waals surface area contributed by atoms with E-state index >= 15 is 0 Å². The molecule has 0 unspecified atom stereocenters. The summed E-state index contributed by atoms with van der Waals surface area (Å²) in [5.41, 5.74) is 2.04. The van der Waals surface area contributed by atoms with Gasteiger partial charge in [-0.15, -0.1) is 0 Å². The number of benzene rings is 1. The quantitative estimate of drug-likeness (QED) is 0.750. The van der Waals surface area contributed by atoms with Crippen LogP contribution in [0.2, 0.25) is 0 Å². The molecule has 0 atom stereocenters. The Morgan fingerprint density at radius 3 is 2.44 bits per heavy atom. The molecule has 0 saturated heterocycles. The van der Waals surface area contributed by atoms with Crippen LogP contribution in [0.4, 0.5) is 0 Å². The second-order valence-electron chi connectivity index (χ2n) is 3.85. The number of aryl methyl sites for hydroxylation is 1. The lowest BCUT2D eigenvalue weighted by molar-refractivity contribution is 0.401. The van der Waals surface area contributed by atoms with Crippen LogP contribution < -0.4 is 4.74 Å². The second-order valence-corrected chi connectivity index (χ2v) is 3.85. The molecule has 0 radical (unpaired) electrons. The van der Waals surface area contributed by atoms with Crippen LogP contribution in [0.25, 0.3) is 0 Å². The van der Waals surface area contributed by atoms with Crippen molar-refractivity contribution in [2.24, 2.45) is 0 Å². The number of nitriles is 1. The van der Waals surface area contributed by atoms with Gasteiger partial charge in [-0.3, -0.25) is 0 Å². The lowest BCUT2D eigenvalue weighted by Gasteiger charge is -2.12. The van der Waals surface area contributed by atoms with Gasteiger partial charge in [0.05, 0.1) is 6.07 Å². The van der Waals surface area contributed by atoms with Crippen LogP contribution in [0.1, 0.15) is 18.4 Å². The standard InChI is InChI=1S/C14H13NO/c1-11-2-6-13(7-3-11)16-14-8-4-12(10-15)5-9-14/h2-4,6-8H,5,9H2,1H3. The van der Waals surface area contributed by atoms with E-state index < -0.39 is 0 Å². The first-order valence-electron chi connectivity index (χ1n) is 5.32. The number of nitrogens with zero attached hydrogens (tertiary/aromatic N) is 1. The molecule has 16 heavy (non-hydrogen) atoms. The first-order chi connectivity index (χ1) is 7.78. The summed E-state index contributed by atoms with van der Waals surface area (Å²) in [6.45, 7) is 2.05. The van der Waals surface area contributed by atoms with Gasteiger partial charge in [0.15, 0.2) is 0 Å². The van der Waals surface area contributed by atoms with Gasteiger partial charge >= 0.3 is 0 Å². The van der Waals surface area contributed by atoms with Gasteiger partial charge in [0.25, 0.3) is 0 Å². The van der Waals surface area contributed by atoms with Crippen molar-refractivity contribution < 1.29 is 4.74 Å². The summed E-state index contributed by atoms with van der Waals surface area (Å²) in [5, 5.41) is 8.71. The molecular weight excluding hydrogens is 198 g/mol. The minimum absolute atomic E-state index is 0.772. The van der Waals surface area contributed by atoms with Crippen molar-refractivity contribution in [3.05, 3.63) is 53.3 Å².